The zero-order chi connectivity index (χ0) is 22.2. The fourth-order valence-electron chi connectivity index (χ4n) is 3.44. The first-order chi connectivity index (χ1) is 14.8. The van der Waals surface area contributed by atoms with Crippen LogP contribution in [0.2, 0.25) is 0 Å². The van der Waals surface area contributed by atoms with E-state index in [4.69, 9.17) is 9.47 Å². The van der Waals surface area contributed by atoms with Crippen LogP contribution in [-0.2, 0) is 11.0 Å². The average Bonchev–Trinajstić information content (AvgIpc) is 3.44. The zero-order valence-corrected chi connectivity index (χ0v) is 17.5. The molecular formula is C22H19F3N2O3S. The van der Waals surface area contributed by atoms with Crippen molar-refractivity contribution >= 4 is 22.4 Å². The van der Waals surface area contributed by atoms with Gasteiger partial charge in [0.15, 0.2) is 5.13 Å². The summed E-state index contributed by atoms with van der Waals surface area (Å²) in [6.45, 7) is 0. The van der Waals surface area contributed by atoms with Crippen LogP contribution in [0.15, 0.2) is 47.8 Å². The molecule has 1 fully saturated rings. The predicted molar refractivity (Wildman–Crippen MR) is 112 cm³/mol. The molecule has 162 valence electrons. The summed E-state index contributed by atoms with van der Waals surface area (Å²) in [5, 5.41) is 5.07. The topological polar surface area (TPSA) is 60.5 Å². The highest BCUT2D eigenvalue weighted by atomic mass is 32.1. The van der Waals surface area contributed by atoms with E-state index >= 15 is 0 Å². The molecule has 1 heterocycles. The molecule has 4 rings (SSSR count). The standard InChI is InChI=1S/C22H19F3N2O3S/c1-29-14-7-8-19(30-2)17(9-14)18-11-31-21(26-18)27-20(28)16-10-15(16)12-3-5-13(6-4-12)22(23,24)25/h3-9,11,15-16H,10H2,1-2H3,(H,26,27,28). The number of hydrogen-bond acceptors (Lipinski definition) is 5. The second-order valence-electron chi connectivity index (χ2n) is 7.16. The summed E-state index contributed by atoms with van der Waals surface area (Å²) >= 11 is 1.29. The minimum absolute atomic E-state index is 0.0832. The summed E-state index contributed by atoms with van der Waals surface area (Å²) in [5.41, 5.74) is 1.43. The van der Waals surface area contributed by atoms with Gasteiger partial charge in [-0.15, -0.1) is 11.3 Å². The van der Waals surface area contributed by atoms with Gasteiger partial charge < -0.3 is 14.8 Å². The van der Waals surface area contributed by atoms with Crippen LogP contribution in [-0.4, -0.2) is 25.1 Å². The molecule has 31 heavy (non-hydrogen) atoms. The number of hydrogen-bond donors (Lipinski definition) is 1. The number of alkyl halides is 3. The molecule has 2 unspecified atom stereocenters. The number of methoxy groups -OCH3 is 2. The number of amides is 1. The first-order valence-electron chi connectivity index (χ1n) is 9.46. The van der Waals surface area contributed by atoms with Crippen molar-refractivity contribution in [3.63, 3.8) is 0 Å². The van der Waals surface area contributed by atoms with Crippen molar-refractivity contribution in [3.8, 4) is 22.8 Å². The molecule has 0 spiro atoms. The molecule has 1 saturated carbocycles. The molecule has 0 bridgehead atoms. The van der Waals surface area contributed by atoms with Gasteiger partial charge in [0, 0.05) is 16.9 Å². The maximum Gasteiger partial charge on any atom is 0.416 e. The summed E-state index contributed by atoms with van der Waals surface area (Å²) in [4.78, 5) is 17.1. The van der Waals surface area contributed by atoms with E-state index in [1.54, 1.807) is 32.4 Å². The van der Waals surface area contributed by atoms with Crippen molar-refractivity contribution in [3.05, 3.63) is 59.0 Å². The lowest BCUT2D eigenvalue weighted by Crippen LogP contribution is -2.14. The van der Waals surface area contributed by atoms with Crippen molar-refractivity contribution in [1.82, 2.24) is 4.98 Å². The molecule has 1 N–H and O–H groups in total. The molecule has 5 nitrogen and oxygen atoms in total. The number of benzene rings is 2. The molecule has 1 aromatic heterocycles. The molecule has 0 aliphatic heterocycles. The second kappa shape index (κ2) is 8.22. The summed E-state index contributed by atoms with van der Waals surface area (Å²) in [6, 6.07) is 10.4. The van der Waals surface area contributed by atoms with Crippen LogP contribution in [0.25, 0.3) is 11.3 Å². The number of thiazole rings is 1. The molecule has 1 aliphatic rings. The van der Waals surface area contributed by atoms with Crippen LogP contribution in [0.1, 0.15) is 23.5 Å². The molecule has 1 aliphatic carbocycles. The number of carbonyl (C=O) groups is 1. The fourth-order valence-corrected chi connectivity index (χ4v) is 4.15. The van der Waals surface area contributed by atoms with Gasteiger partial charge in [-0.25, -0.2) is 4.98 Å². The minimum Gasteiger partial charge on any atom is -0.497 e. The van der Waals surface area contributed by atoms with Gasteiger partial charge in [0.2, 0.25) is 5.91 Å². The first-order valence-corrected chi connectivity index (χ1v) is 10.3. The fraction of sp³-hybridized carbons (Fsp3) is 0.273. The largest absolute Gasteiger partial charge is 0.497 e. The molecule has 2 aromatic carbocycles. The Morgan fingerprint density at radius 2 is 1.87 bits per heavy atom. The van der Waals surface area contributed by atoms with Crippen molar-refractivity contribution in [2.24, 2.45) is 5.92 Å². The molecule has 0 radical (unpaired) electrons. The predicted octanol–water partition coefficient (Wildman–Crippen LogP) is 5.59. The number of anilines is 1. The SMILES string of the molecule is COc1ccc(OC)c(-c2csc(NC(=O)C3CC3c3ccc(C(F)(F)F)cc3)n2)c1. The average molecular weight is 448 g/mol. The van der Waals surface area contributed by atoms with Gasteiger partial charge in [0.05, 0.1) is 25.5 Å². The highest BCUT2D eigenvalue weighted by Crippen LogP contribution is 2.48. The maximum absolute atomic E-state index is 12.7. The Kier molecular flexibility index (Phi) is 5.62. The van der Waals surface area contributed by atoms with E-state index < -0.39 is 11.7 Å². The number of aromatic nitrogens is 1. The lowest BCUT2D eigenvalue weighted by Gasteiger charge is -2.08. The Bertz CT molecular complexity index is 1100. The van der Waals surface area contributed by atoms with E-state index in [9.17, 15) is 18.0 Å². The van der Waals surface area contributed by atoms with Crippen LogP contribution < -0.4 is 14.8 Å². The highest BCUT2D eigenvalue weighted by Gasteiger charge is 2.44. The van der Waals surface area contributed by atoms with Crippen molar-refractivity contribution < 1.29 is 27.4 Å². The van der Waals surface area contributed by atoms with Crippen molar-refractivity contribution in [1.29, 1.82) is 0 Å². The van der Waals surface area contributed by atoms with E-state index in [0.29, 0.717) is 28.7 Å². The lowest BCUT2D eigenvalue weighted by molar-refractivity contribution is -0.137. The molecule has 9 heteroatoms. The van der Waals surface area contributed by atoms with E-state index in [0.717, 1.165) is 23.3 Å². The third-order valence-electron chi connectivity index (χ3n) is 5.21. The van der Waals surface area contributed by atoms with Gasteiger partial charge in [-0.3, -0.25) is 4.79 Å². The number of rotatable bonds is 6. The molecule has 2 atom stereocenters. The molecule has 1 amide bonds. The summed E-state index contributed by atoms with van der Waals surface area (Å²) in [5.74, 6) is 0.735. The van der Waals surface area contributed by atoms with Crippen LogP contribution in [0.4, 0.5) is 18.3 Å². The van der Waals surface area contributed by atoms with Gasteiger partial charge in [-0.2, -0.15) is 13.2 Å². The normalized spacial score (nSPS) is 17.8. The van der Waals surface area contributed by atoms with Crippen LogP contribution >= 0.6 is 11.3 Å². The maximum atomic E-state index is 12.7. The number of nitrogens with zero attached hydrogens (tertiary/aromatic N) is 1. The third kappa shape index (κ3) is 4.51. The molecule has 0 saturated heterocycles. The highest BCUT2D eigenvalue weighted by molar-refractivity contribution is 7.14. The van der Waals surface area contributed by atoms with E-state index in [2.05, 4.69) is 10.3 Å². The van der Waals surface area contributed by atoms with Gasteiger partial charge in [-0.05, 0) is 48.2 Å². The summed E-state index contributed by atoms with van der Waals surface area (Å²) in [6.07, 6.45) is -3.77. The smallest absolute Gasteiger partial charge is 0.416 e. The Morgan fingerprint density at radius 1 is 1.13 bits per heavy atom. The molecular weight excluding hydrogens is 429 g/mol. The third-order valence-corrected chi connectivity index (χ3v) is 5.97. The monoisotopic (exact) mass is 448 g/mol. The van der Waals surface area contributed by atoms with E-state index in [-0.39, 0.29) is 17.7 Å². The van der Waals surface area contributed by atoms with Gasteiger partial charge in [0.1, 0.15) is 11.5 Å². The van der Waals surface area contributed by atoms with E-state index in [1.807, 2.05) is 5.38 Å². The number of nitrogens with one attached hydrogen (secondary N) is 1. The van der Waals surface area contributed by atoms with Crippen molar-refractivity contribution in [2.45, 2.75) is 18.5 Å². The first kappa shape index (κ1) is 21.2. The Morgan fingerprint density at radius 3 is 2.52 bits per heavy atom. The van der Waals surface area contributed by atoms with Gasteiger partial charge in [0.25, 0.3) is 0 Å². The second-order valence-corrected chi connectivity index (χ2v) is 8.02. The quantitative estimate of drug-likeness (QED) is 0.534. The Balaban J connectivity index is 1.43. The van der Waals surface area contributed by atoms with Crippen LogP contribution in [0.5, 0.6) is 11.5 Å². The number of halogens is 3. The van der Waals surface area contributed by atoms with Gasteiger partial charge in [-0.1, -0.05) is 12.1 Å². The lowest BCUT2D eigenvalue weighted by atomic mass is 10.1. The summed E-state index contributed by atoms with van der Waals surface area (Å²) in [7, 11) is 3.13. The van der Waals surface area contributed by atoms with Crippen LogP contribution in [0, 0.1) is 5.92 Å². The number of ether oxygens (including phenoxy) is 2. The Labute approximate surface area is 180 Å². The van der Waals surface area contributed by atoms with Gasteiger partial charge >= 0.3 is 6.18 Å². The van der Waals surface area contributed by atoms with Crippen molar-refractivity contribution in [2.75, 3.05) is 19.5 Å². The summed E-state index contributed by atoms with van der Waals surface area (Å²) < 4.78 is 48.8. The van der Waals surface area contributed by atoms with E-state index in [1.165, 1.54) is 23.5 Å². The number of carbonyl (C=O) groups excluding carboxylic acids is 1. The molecule has 3 aromatic rings. The zero-order valence-electron chi connectivity index (χ0n) is 16.7. The Hall–Kier alpha value is -3.07. The minimum atomic E-state index is -4.37. The van der Waals surface area contributed by atoms with Crippen LogP contribution in [0.3, 0.4) is 0 Å².